The van der Waals surface area contributed by atoms with Crippen molar-refractivity contribution in [3.8, 4) is 5.69 Å². The molecule has 0 aliphatic carbocycles. The zero-order valence-corrected chi connectivity index (χ0v) is 16.7. The molecule has 1 aromatic heterocycles. The number of hydrogen-bond acceptors (Lipinski definition) is 3. The lowest BCUT2D eigenvalue weighted by Crippen LogP contribution is -2.29. The van der Waals surface area contributed by atoms with E-state index in [9.17, 15) is 9.18 Å². The van der Waals surface area contributed by atoms with Crippen molar-refractivity contribution in [3.63, 3.8) is 0 Å². The third-order valence-corrected chi connectivity index (χ3v) is 5.61. The summed E-state index contributed by atoms with van der Waals surface area (Å²) < 4.78 is 15.2. The summed E-state index contributed by atoms with van der Waals surface area (Å²) in [4.78, 5) is 13.1. The number of carbonyl (C=O) groups is 1. The lowest BCUT2D eigenvalue weighted by Gasteiger charge is -2.24. The zero-order chi connectivity index (χ0) is 20.4. The highest BCUT2D eigenvalue weighted by Gasteiger charge is 2.27. The van der Waals surface area contributed by atoms with Crippen LogP contribution in [0.3, 0.4) is 0 Å². The highest BCUT2D eigenvalue weighted by atomic mass is 19.1. The maximum absolute atomic E-state index is 13.4. The standard InChI is InChI=1S/C23H25FN4O/c1-15-3-6-19(13-16(15)2)27-23(29)21-14-26-28(20-7-4-18(24)5-8-20)22(21)17-9-11-25-12-10-17/h3-8,13-14,17,25H,9-12H2,1-2H3,(H,27,29). The number of rotatable bonds is 4. The number of halogens is 1. The Bertz CT molecular complexity index is 1020. The Morgan fingerprint density at radius 3 is 2.52 bits per heavy atom. The third kappa shape index (κ3) is 4.07. The third-order valence-electron chi connectivity index (χ3n) is 5.61. The van der Waals surface area contributed by atoms with Gasteiger partial charge < -0.3 is 10.6 Å². The zero-order valence-electron chi connectivity index (χ0n) is 16.7. The molecule has 0 radical (unpaired) electrons. The predicted molar refractivity (Wildman–Crippen MR) is 112 cm³/mol. The van der Waals surface area contributed by atoms with Crippen molar-refractivity contribution in [2.45, 2.75) is 32.6 Å². The summed E-state index contributed by atoms with van der Waals surface area (Å²) in [5.41, 5.74) is 5.29. The first-order valence-corrected chi connectivity index (χ1v) is 9.96. The van der Waals surface area contributed by atoms with Crippen molar-refractivity contribution in [1.82, 2.24) is 15.1 Å². The minimum Gasteiger partial charge on any atom is -0.322 e. The molecular weight excluding hydrogens is 367 g/mol. The number of amides is 1. The van der Waals surface area contributed by atoms with E-state index < -0.39 is 0 Å². The molecule has 1 saturated heterocycles. The molecule has 5 nitrogen and oxygen atoms in total. The summed E-state index contributed by atoms with van der Waals surface area (Å²) in [5, 5.41) is 10.9. The second-order valence-electron chi connectivity index (χ2n) is 7.61. The normalized spacial score (nSPS) is 14.7. The molecule has 0 unspecified atom stereocenters. The summed E-state index contributed by atoms with van der Waals surface area (Å²) in [7, 11) is 0. The lowest BCUT2D eigenvalue weighted by molar-refractivity contribution is 0.102. The first-order valence-electron chi connectivity index (χ1n) is 9.96. The van der Waals surface area contributed by atoms with Crippen LogP contribution in [0.1, 0.15) is 45.9 Å². The van der Waals surface area contributed by atoms with E-state index in [-0.39, 0.29) is 17.6 Å². The van der Waals surface area contributed by atoms with Crippen LogP contribution < -0.4 is 10.6 Å². The van der Waals surface area contributed by atoms with E-state index in [1.807, 2.05) is 32.0 Å². The molecule has 4 rings (SSSR count). The number of aromatic nitrogens is 2. The Hall–Kier alpha value is -2.99. The van der Waals surface area contributed by atoms with Crippen LogP contribution in [0, 0.1) is 19.7 Å². The quantitative estimate of drug-likeness (QED) is 0.694. The average Bonchev–Trinajstić information content (AvgIpc) is 3.17. The van der Waals surface area contributed by atoms with E-state index >= 15 is 0 Å². The van der Waals surface area contributed by atoms with E-state index in [0.29, 0.717) is 5.56 Å². The second kappa shape index (κ2) is 8.17. The van der Waals surface area contributed by atoms with Gasteiger partial charge in [-0.1, -0.05) is 6.07 Å². The molecule has 2 N–H and O–H groups in total. The van der Waals surface area contributed by atoms with E-state index in [1.165, 1.54) is 17.7 Å². The number of aryl methyl sites for hydroxylation is 2. The van der Waals surface area contributed by atoms with Gasteiger partial charge >= 0.3 is 0 Å². The largest absolute Gasteiger partial charge is 0.322 e. The molecule has 2 aromatic carbocycles. The van der Waals surface area contributed by atoms with Gasteiger partial charge in [-0.05, 0) is 87.3 Å². The Kier molecular flexibility index (Phi) is 5.45. The predicted octanol–water partition coefficient (Wildman–Crippen LogP) is 4.35. The van der Waals surface area contributed by atoms with Crippen molar-refractivity contribution < 1.29 is 9.18 Å². The summed E-state index contributed by atoms with van der Waals surface area (Å²) in [5.74, 6) is -0.253. The molecule has 1 aliphatic heterocycles. The van der Waals surface area contributed by atoms with Crippen LogP contribution in [0.25, 0.3) is 5.69 Å². The molecule has 1 fully saturated rings. The lowest BCUT2D eigenvalue weighted by atomic mass is 9.91. The Labute approximate surface area is 169 Å². The fourth-order valence-corrected chi connectivity index (χ4v) is 3.83. The SMILES string of the molecule is Cc1ccc(NC(=O)c2cnn(-c3ccc(F)cc3)c2C2CCNCC2)cc1C. The maximum Gasteiger partial charge on any atom is 0.259 e. The summed E-state index contributed by atoms with van der Waals surface area (Å²) in [6.45, 7) is 5.87. The molecule has 0 saturated carbocycles. The van der Waals surface area contributed by atoms with Crippen LogP contribution in [0.15, 0.2) is 48.7 Å². The maximum atomic E-state index is 13.4. The highest BCUT2D eigenvalue weighted by Crippen LogP contribution is 2.31. The van der Waals surface area contributed by atoms with Gasteiger partial charge in [0, 0.05) is 11.6 Å². The van der Waals surface area contributed by atoms with Gasteiger partial charge in [0.2, 0.25) is 0 Å². The average molecular weight is 392 g/mol. The molecule has 29 heavy (non-hydrogen) atoms. The van der Waals surface area contributed by atoms with Gasteiger partial charge in [-0.15, -0.1) is 0 Å². The number of nitrogens with zero attached hydrogens (tertiary/aromatic N) is 2. The number of hydrogen-bond donors (Lipinski definition) is 2. The van der Waals surface area contributed by atoms with E-state index in [1.54, 1.807) is 23.0 Å². The van der Waals surface area contributed by atoms with E-state index in [4.69, 9.17) is 0 Å². The minimum atomic E-state index is -0.294. The molecule has 0 spiro atoms. The van der Waals surface area contributed by atoms with Crippen LogP contribution in [0.2, 0.25) is 0 Å². The van der Waals surface area contributed by atoms with E-state index in [2.05, 4.69) is 15.7 Å². The Morgan fingerprint density at radius 2 is 1.83 bits per heavy atom. The first-order chi connectivity index (χ1) is 14.0. The molecule has 1 aliphatic rings. The number of nitrogens with one attached hydrogen (secondary N) is 2. The fraction of sp³-hybridized carbons (Fsp3) is 0.304. The smallest absolute Gasteiger partial charge is 0.259 e. The van der Waals surface area contributed by atoms with Gasteiger partial charge in [0.1, 0.15) is 5.82 Å². The number of anilines is 1. The van der Waals surface area contributed by atoms with Gasteiger partial charge in [0.05, 0.1) is 23.1 Å². The molecule has 3 aromatic rings. The van der Waals surface area contributed by atoms with Gasteiger partial charge in [0.25, 0.3) is 5.91 Å². The molecule has 1 amide bonds. The van der Waals surface area contributed by atoms with Gasteiger partial charge in [-0.2, -0.15) is 5.10 Å². The molecule has 0 bridgehead atoms. The van der Waals surface area contributed by atoms with Crippen LogP contribution in [0.4, 0.5) is 10.1 Å². The Morgan fingerprint density at radius 1 is 1.10 bits per heavy atom. The van der Waals surface area contributed by atoms with Crippen LogP contribution >= 0.6 is 0 Å². The first kappa shape index (κ1) is 19.3. The number of benzene rings is 2. The number of carbonyl (C=O) groups excluding carboxylic acids is 1. The molecule has 6 heteroatoms. The van der Waals surface area contributed by atoms with Crippen molar-refractivity contribution in [2.24, 2.45) is 0 Å². The molecule has 0 atom stereocenters. The van der Waals surface area contributed by atoms with Gasteiger partial charge in [-0.25, -0.2) is 9.07 Å². The summed E-state index contributed by atoms with van der Waals surface area (Å²) in [6, 6.07) is 12.1. The summed E-state index contributed by atoms with van der Waals surface area (Å²) in [6.07, 6.45) is 3.48. The molecule has 2 heterocycles. The highest BCUT2D eigenvalue weighted by molar-refractivity contribution is 6.05. The van der Waals surface area contributed by atoms with Crippen LogP contribution in [0.5, 0.6) is 0 Å². The topological polar surface area (TPSA) is 59.0 Å². The fourth-order valence-electron chi connectivity index (χ4n) is 3.83. The van der Waals surface area contributed by atoms with Crippen LogP contribution in [-0.2, 0) is 0 Å². The second-order valence-corrected chi connectivity index (χ2v) is 7.61. The molecular formula is C23H25FN4O. The number of piperidine rings is 1. The van der Waals surface area contributed by atoms with Crippen molar-refractivity contribution in [1.29, 1.82) is 0 Å². The summed E-state index contributed by atoms with van der Waals surface area (Å²) >= 11 is 0. The van der Waals surface area contributed by atoms with Gasteiger partial charge in [-0.3, -0.25) is 4.79 Å². The van der Waals surface area contributed by atoms with E-state index in [0.717, 1.165) is 48.6 Å². The van der Waals surface area contributed by atoms with Gasteiger partial charge in [0.15, 0.2) is 0 Å². The molecule has 150 valence electrons. The minimum absolute atomic E-state index is 0.171. The van der Waals surface area contributed by atoms with Crippen LogP contribution in [-0.4, -0.2) is 28.8 Å². The van der Waals surface area contributed by atoms with Crippen molar-refractivity contribution in [3.05, 3.63) is 76.9 Å². The monoisotopic (exact) mass is 392 g/mol. The Balaban J connectivity index is 1.70. The van der Waals surface area contributed by atoms with Crippen molar-refractivity contribution in [2.75, 3.05) is 18.4 Å². The van der Waals surface area contributed by atoms with Crippen molar-refractivity contribution >= 4 is 11.6 Å².